The zero-order chi connectivity index (χ0) is 13.1. The molecule has 3 nitrogen and oxygen atoms in total. The Labute approximate surface area is 110 Å². The number of aliphatic hydroxyl groups is 1. The minimum atomic E-state index is 0.239. The van der Waals surface area contributed by atoms with E-state index in [4.69, 9.17) is 9.84 Å². The largest absolute Gasteiger partial charge is 0.395 e. The first-order valence-corrected chi connectivity index (χ1v) is 6.81. The third-order valence-electron chi connectivity index (χ3n) is 3.00. The Morgan fingerprint density at radius 3 is 2.56 bits per heavy atom. The van der Waals surface area contributed by atoms with Gasteiger partial charge in [0.05, 0.1) is 13.2 Å². The third kappa shape index (κ3) is 6.74. The summed E-state index contributed by atoms with van der Waals surface area (Å²) in [6.45, 7) is 6.70. The van der Waals surface area contributed by atoms with Crippen molar-refractivity contribution in [3.05, 3.63) is 35.9 Å². The molecule has 0 aromatic heterocycles. The van der Waals surface area contributed by atoms with Crippen LogP contribution in [0.4, 0.5) is 0 Å². The summed E-state index contributed by atoms with van der Waals surface area (Å²) in [6, 6.07) is 10.4. The average molecular weight is 251 g/mol. The van der Waals surface area contributed by atoms with Crippen molar-refractivity contribution in [2.75, 3.05) is 39.5 Å². The van der Waals surface area contributed by atoms with Gasteiger partial charge >= 0.3 is 0 Å². The van der Waals surface area contributed by atoms with Gasteiger partial charge in [-0.1, -0.05) is 37.3 Å². The van der Waals surface area contributed by atoms with E-state index in [2.05, 4.69) is 36.1 Å². The quantitative estimate of drug-likeness (QED) is 0.645. The average Bonchev–Trinajstić information content (AvgIpc) is 2.42. The van der Waals surface area contributed by atoms with Crippen molar-refractivity contribution in [3.8, 4) is 0 Å². The predicted molar refractivity (Wildman–Crippen MR) is 74.8 cm³/mol. The second-order valence-electron chi connectivity index (χ2n) is 4.36. The number of hydrogen-bond acceptors (Lipinski definition) is 3. The van der Waals surface area contributed by atoms with Crippen LogP contribution in [0, 0.1) is 0 Å². The van der Waals surface area contributed by atoms with Gasteiger partial charge in [0.15, 0.2) is 0 Å². The standard InChI is InChI=1S/C15H25NO2/c1-2-16(11-12-17)10-6-13-18-14-9-15-7-4-3-5-8-15/h3-5,7-8,17H,2,6,9-14H2,1H3. The molecule has 3 heteroatoms. The molecule has 18 heavy (non-hydrogen) atoms. The molecule has 0 saturated heterocycles. The zero-order valence-corrected chi connectivity index (χ0v) is 11.3. The van der Waals surface area contributed by atoms with Crippen molar-refractivity contribution in [2.24, 2.45) is 0 Å². The van der Waals surface area contributed by atoms with Gasteiger partial charge in [-0.05, 0) is 24.9 Å². The highest BCUT2D eigenvalue weighted by Gasteiger charge is 2.00. The predicted octanol–water partition coefficient (Wildman–Crippen LogP) is 1.95. The number of ether oxygens (including phenoxy) is 1. The van der Waals surface area contributed by atoms with Gasteiger partial charge in [0.1, 0.15) is 0 Å². The van der Waals surface area contributed by atoms with Crippen molar-refractivity contribution < 1.29 is 9.84 Å². The molecule has 0 radical (unpaired) electrons. The first-order valence-electron chi connectivity index (χ1n) is 6.81. The van der Waals surface area contributed by atoms with Crippen LogP contribution in [0.3, 0.4) is 0 Å². The number of nitrogens with zero attached hydrogens (tertiary/aromatic N) is 1. The van der Waals surface area contributed by atoms with E-state index >= 15 is 0 Å². The molecule has 0 aliphatic heterocycles. The summed E-state index contributed by atoms with van der Waals surface area (Å²) in [5, 5.41) is 8.86. The van der Waals surface area contributed by atoms with Gasteiger partial charge < -0.3 is 14.7 Å². The topological polar surface area (TPSA) is 32.7 Å². The lowest BCUT2D eigenvalue weighted by molar-refractivity contribution is 0.119. The molecule has 0 aliphatic rings. The summed E-state index contributed by atoms with van der Waals surface area (Å²) in [5.74, 6) is 0. The van der Waals surface area contributed by atoms with Gasteiger partial charge in [0.2, 0.25) is 0 Å². The molecule has 0 fully saturated rings. The second kappa shape index (κ2) is 10.1. The Morgan fingerprint density at radius 1 is 1.11 bits per heavy atom. The molecule has 0 amide bonds. The zero-order valence-electron chi connectivity index (χ0n) is 11.3. The van der Waals surface area contributed by atoms with E-state index in [1.165, 1.54) is 5.56 Å². The fraction of sp³-hybridized carbons (Fsp3) is 0.600. The molecule has 1 N–H and O–H groups in total. The van der Waals surface area contributed by atoms with Crippen LogP contribution in [0.25, 0.3) is 0 Å². The van der Waals surface area contributed by atoms with Crippen LogP contribution in [0.5, 0.6) is 0 Å². The Bertz CT molecular complexity index is 290. The normalized spacial score (nSPS) is 11.1. The molecule has 0 saturated carbocycles. The Balaban J connectivity index is 1.98. The lowest BCUT2D eigenvalue weighted by Gasteiger charge is -2.18. The van der Waals surface area contributed by atoms with Crippen molar-refractivity contribution >= 4 is 0 Å². The lowest BCUT2D eigenvalue weighted by atomic mass is 10.2. The van der Waals surface area contributed by atoms with Gasteiger partial charge in [0, 0.05) is 19.7 Å². The molecule has 0 atom stereocenters. The molecule has 1 rings (SSSR count). The van der Waals surface area contributed by atoms with E-state index in [0.29, 0.717) is 0 Å². The van der Waals surface area contributed by atoms with Crippen LogP contribution >= 0.6 is 0 Å². The number of hydrogen-bond donors (Lipinski definition) is 1. The monoisotopic (exact) mass is 251 g/mol. The summed E-state index contributed by atoms with van der Waals surface area (Å²) >= 11 is 0. The van der Waals surface area contributed by atoms with Crippen LogP contribution in [-0.2, 0) is 11.2 Å². The summed E-state index contributed by atoms with van der Waals surface area (Å²) in [4.78, 5) is 2.24. The maximum absolute atomic E-state index is 8.86. The Hall–Kier alpha value is -0.900. The second-order valence-corrected chi connectivity index (χ2v) is 4.36. The van der Waals surface area contributed by atoms with E-state index in [9.17, 15) is 0 Å². The Morgan fingerprint density at radius 2 is 1.89 bits per heavy atom. The lowest BCUT2D eigenvalue weighted by Crippen LogP contribution is -2.28. The van der Waals surface area contributed by atoms with E-state index in [1.807, 2.05) is 6.07 Å². The smallest absolute Gasteiger partial charge is 0.0558 e. The highest BCUT2D eigenvalue weighted by atomic mass is 16.5. The van der Waals surface area contributed by atoms with Crippen LogP contribution < -0.4 is 0 Å². The van der Waals surface area contributed by atoms with Crippen LogP contribution in [-0.4, -0.2) is 49.5 Å². The first kappa shape index (κ1) is 15.2. The van der Waals surface area contributed by atoms with Gasteiger partial charge in [-0.25, -0.2) is 0 Å². The fourth-order valence-electron chi connectivity index (χ4n) is 1.90. The molecule has 1 aromatic carbocycles. The molecular weight excluding hydrogens is 226 g/mol. The van der Waals surface area contributed by atoms with Crippen molar-refractivity contribution in [1.29, 1.82) is 0 Å². The van der Waals surface area contributed by atoms with Crippen LogP contribution in [0.15, 0.2) is 30.3 Å². The van der Waals surface area contributed by atoms with Crippen LogP contribution in [0.2, 0.25) is 0 Å². The number of rotatable bonds is 10. The molecule has 0 heterocycles. The van der Waals surface area contributed by atoms with Gasteiger partial charge in [-0.3, -0.25) is 0 Å². The maximum Gasteiger partial charge on any atom is 0.0558 e. The molecule has 0 aliphatic carbocycles. The van der Waals surface area contributed by atoms with E-state index in [-0.39, 0.29) is 6.61 Å². The minimum absolute atomic E-state index is 0.239. The summed E-state index contributed by atoms with van der Waals surface area (Å²) < 4.78 is 5.62. The number of likely N-dealkylation sites (N-methyl/N-ethyl adjacent to an activating group) is 1. The van der Waals surface area contributed by atoms with Crippen LogP contribution in [0.1, 0.15) is 18.9 Å². The molecule has 102 valence electrons. The molecular formula is C15H25NO2. The molecule has 0 bridgehead atoms. The fourth-order valence-corrected chi connectivity index (χ4v) is 1.90. The maximum atomic E-state index is 8.86. The third-order valence-corrected chi connectivity index (χ3v) is 3.00. The van der Waals surface area contributed by atoms with Crippen molar-refractivity contribution in [1.82, 2.24) is 4.90 Å². The molecule has 0 unspecified atom stereocenters. The Kier molecular flexibility index (Phi) is 8.47. The first-order chi connectivity index (χ1) is 8.86. The summed E-state index contributed by atoms with van der Waals surface area (Å²) in [5.41, 5.74) is 1.33. The van der Waals surface area contributed by atoms with Gasteiger partial charge in [-0.2, -0.15) is 0 Å². The van der Waals surface area contributed by atoms with Gasteiger partial charge in [-0.15, -0.1) is 0 Å². The molecule has 1 aromatic rings. The highest BCUT2D eigenvalue weighted by molar-refractivity contribution is 5.14. The minimum Gasteiger partial charge on any atom is -0.395 e. The van der Waals surface area contributed by atoms with Crippen molar-refractivity contribution in [2.45, 2.75) is 19.8 Å². The molecule has 0 spiro atoms. The summed E-state index contributed by atoms with van der Waals surface area (Å²) in [6.07, 6.45) is 2.01. The van der Waals surface area contributed by atoms with E-state index in [1.54, 1.807) is 0 Å². The van der Waals surface area contributed by atoms with Gasteiger partial charge in [0.25, 0.3) is 0 Å². The van der Waals surface area contributed by atoms with E-state index < -0.39 is 0 Å². The van der Waals surface area contributed by atoms with Crippen molar-refractivity contribution in [3.63, 3.8) is 0 Å². The number of benzene rings is 1. The SMILES string of the molecule is CCN(CCO)CCCOCCc1ccccc1. The van der Waals surface area contributed by atoms with E-state index in [0.717, 1.165) is 45.7 Å². The highest BCUT2D eigenvalue weighted by Crippen LogP contribution is 2.00. The number of aliphatic hydroxyl groups excluding tert-OH is 1. The summed E-state index contributed by atoms with van der Waals surface area (Å²) in [7, 11) is 0.